The summed E-state index contributed by atoms with van der Waals surface area (Å²) in [4.78, 5) is 10.4. The van der Waals surface area contributed by atoms with Crippen LogP contribution >= 0.6 is 0 Å². The van der Waals surface area contributed by atoms with Gasteiger partial charge in [0, 0.05) is 11.6 Å². The Hall–Kier alpha value is -1.06. The molecule has 3 N–H and O–H groups in total. The molecular formula is C10H19N3O. The summed E-state index contributed by atoms with van der Waals surface area (Å²) in [5.41, 5.74) is 8.53. The normalized spacial score (nSPS) is 31.8. The summed E-state index contributed by atoms with van der Waals surface area (Å²) in [5, 5.41) is 3.96. The van der Waals surface area contributed by atoms with Crippen molar-refractivity contribution in [1.82, 2.24) is 5.43 Å². The highest BCUT2D eigenvalue weighted by Crippen LogP contribution is 2.57. The number of hydrogen-bond acceptors (Lipinski definition) is 2. The van der Waals surface area contributed by atoms with Gasteiger partial charge in [-0.25, -0.2) is 10.2 Å². The van der Waals surface area contributed by atoms with Crippen LogP contribution in [-0.2, 0) is 0 Å². The van der Waals surface area contributed by atoms with Crippen LogP contribution in [0.2, 0.25) is 0 Å². The molecule has 4 heteroatoms. The maximum atomic E-state index is 10.4. The summed E-state index contributed by atoms with van der Waals surface area (Å²) in [6.07, 6.45) is 1.15. The predicted octanol–water partition coefficient (Wildman–Crippen LogP) is 1.71. The first-order valence-electron chi connectivity index (χ1n) is 4.97. The van der Waals surface area contributed by atoms with E-state index in [-0.39, 0.29) is 0 Å². The second-order valence-corrected chi connectivity index (χ2v) is 4.65. The monoisotopic (exact) mass is 197 g/mol. The molecule has 1 aliphatic carbocycles. The topological polar surface area (TPSA) is 67.5 Å². The number of hydrazone groups is 1. The number of primary amides is 1. The molecule has 0 aromatic rings. The quantitative estimate of drug-likeness (QED) is 0.525. The van der Waals surface area contributed by atoms with Crippen molar-refractivity contribution in [3.8, 4) is 0 Å². The third-order valence-electron chi connectivity index (χ3n) is 3.45. The van der Waals surface area contributed by atoms with Gasteiger partial charge < -0.3 is 5.73 Å². The smallest absolute Gasteiger partial charge is 0.332 e. The van der Waals surface area contributed by atoms with E-state index in [2.05, 4.69) is 31.3 Å². The molecule has 1 fully saturated rings. The molecular weight excluding hydrogens is 178 g/mol. The first-order chi connectivity index (χ1) is 6.38. The first-order valence-corrected chi connectivity index (χ1v) is 4.97. The highest BCUT2D eigenvalue weighted by Gasteiger charge is 2.53. The first kappa shape index (κ1) is 11.0. The molecule has 0 aromatic heterocycles. The fourth-order valence-corrected chi connectivity index (χ4v) is 1.87. The number of urea groups is 1. The molecule has 0 radical (unpaired) electrons. The Morgan fingerprint density at radius 1 is 1.64 bits per heavy atom. The molecule has 1 rings (SSSR count). The zero-order valence-corrected chi connectivity index (χ0v) is 9.29. The number of nitrogens with one attached hydrogen (secondary N) is 1. The van der Waals surface area contributed by atoms with Gasteiger partial charge in [0.15, 0.2) is 0 Å². The van der Waals surface area contributed by atoms with Crippen molar-refractivity contribution in [2.24, 2.45) is 28.1 Å². The number of carbonyl (C=O) groups excluding carboxylic acids is 1. The van der Waals surface area contributed by atoms with Crippen LogP contribution in [0.25, 0.3) is 0 Å². The summed E-state index contributed by atoms with van der Waals surface area (Å²) < 4.78 is 0. The minimum atomic E-state index is -0.601. The van der Waals surface area contributed by atoms with Crippen LogP contribution in [0.5, 0.6) is 0 Å². The average Bonchev–Trinajstić information content (AvgIpc) is 2.75. The lowest BCUT2D eigenvalue weighted by molar-refractivity contribution is 0.249. The molecule has 0 saturated heterocycles. The Kier molecular flexibility index (Phi) is 2.83. The molecule has 2 atom stereocenters. The van der Waals surface area contributed by atoms with E-state index in [1.807, 2.05) is 6.92 Å². The SMILES string of the molecule is C/C(=N\NC(N)=O)[C@@H]1C[C@]1(C)C(C)C. The second kappa shape index (κ2) is 3.59. The summed E-state index contributed by atoms with van der Waals surface area (Å²) >= 11 is 0. The number of rotatable bonds is 3. The number of carbonyl (C=O) groups is 1. The zero-order valence-electron chi connectivity index (χ0n) is 9.29. The molecule has 2 amide bonds. The van der Waals surface area contributed by atoms with E-state index < -0.39 is 6.03 Å². The molecule has 0 unspecified atom stereocenters. The van der Waals surface area contributed by atoms with Gasteiger partial charge in [-0.05, 0) is 24.7 Å². The molecule has 0 spiro atoms. The average molecular weight is 197 g/mol. The third-order valence-corrected chi connectivity index (χ3v) is 3.45. The summed E-state index contributed by atoms with van der Waals surface area (Å²) in [5.74, 6) is 1.14. The fraction of sp³-hybridized carbons (Fsp3) is 0.800. The van der Waals surface area contributed by atoms with Crippen LogP contribution in [0.1, 0.15) is 34.1 Å². The van der Waals surface area contributed by atoms with Gasteiger partial charge in [0.05, 0.1) is 0 Å². The number of hydrogen-bond donors (Lipinski definition) is 2. The second-order valence-electron chi connectivity index (χ2n) is 4.65. The molecule has 0 heterocycles. The molecule has 14 heavy (non-hydrogen) atoms. The van der Waals surface area contributed by atoms with Crippen LogP contribution < -0.4 is 11.2 Å². The van der Waals surface area contributed by atoms with E-state index in [1.54, 1.807) is 0 Å². The van der Waals surface area contributed by atoms with Gasteiger partial charge in [-0.1, -0.05) is 20.8 Å². The van der Waals surface area contributed by atoms with Gasteiger partial charge in [0.2, 0.25) is 0 Å². The maximum absolute atomic E-state index is 10.4. The van der Waals surface area contributed by atoms with Gasteiger partial charge in [0.1, 0.15) is 0 Å². The summed E-state index contributed by atoms with van der Waals surface area (Å²) in [6, 6.07) is -0.601. The highest BCUT2D eigenvalue weighted by molar-refractivity contribution is 5.88. The van der Waals surface area contributed by atoms with Crippen molar-refractivity contribution in [1.29, 1.82) is 0 Å². The molecule has 1 aliphatic rings. The summed E-state index contributed by atoms with van der Waals surface area (Å²) in [6.45, 7) is 8.63. The molecule has 0 aromatic carbocycles. The Morgan fingerprint density at radius 3 is 2.57 bits per heavy atom. The lowest BCUT2D eigenvalue weighted by Crippen LogP contribution is -2.26. The molecule has 4 nitrogen and oxygen atoms in total. The van der Waals surface area contributed by atoms with Crippen molar-refractivity contribution in [2.45, 2.75) is 34.1 Å². The third kappa shape index (κ3) is 2.05. The predicted molar refractivity (Wildman–Crippen MR) is 56.9 cm³/mol. The molecule has 0 bridgehead atoms. The van der Waals surface area contributed by atoms with Crippen molar-refractivity contribution < 1.29 is 4.79 Å². The zero-order chi connectivity index (χ0) is 10.9. The molecule has 0 aliphatic heterocycles. The van der Waals surface area contributed by atoms with Crippen LogP contribution in [-0.4, -0.2) is 11.7 Å². The van der Waals surface area contributed by atoms with Gasteiger partial charge in [-0.15, -0.1) is 0 Å². The van der Waals surface area contributed by atoms with Crippen molar-refractivity contribution in [3.63, 3.8) is 0 Å². The minimum Gasteiger partial charge on any atom is -0.350 e. The van der Waals surface area contributed by atoms with Crippen LogP contribution in [0.15, 0.2) is 5.10 Å². The van der Waals surface area contributed by atoms with Gasteiger partial charge in [-0.3, -0.25) is 0 Å². The summed E-state index contributed by atoms with van der Waals surface area (Å²) in [7, 11) is 0. The standard InChI is InChI=1S/C10H19N3O/c1-6(2)10(4)5-8(10)7(3)12-13-9(11)14/h6,8H,5H2,1-4H3,(H3,11,13,14)/b12-7+/t8-,10+/m0/s1. The van der Waals surface area contributed by atoms with E-state index in [0.717, 1.165) is 12.1 Å². The van der Waals surface area contributed by atoms with Crippen LogP contribution in [0.4, 0.5) is 4.79 Å². The largest absolute Gasteiger partial charge is 0.350 e. The van der Waals surface area contributed by atoms with E-state index >= 15 is 0 Å². The Labute approximate surface area is 84.9 Å². The van der Waals surface area contributed by atoms with E-state index in [1.165, 1.54) is 0 Å². The fourth-order valence-electron chi connectivity index (χ4n) is 1.87. The lowest BCUT2D eigenvalue weighted by Gasteiger charge is -2.15. The van der Waals surface area contributed by atoms with Crippen LogP contribution in [0, 0.1) is 17.3 Å². The van der Waals surface area contributed by atoms with E-state index in [9.17, 15) is 4.79 Å². The molecule has 80 valence electrons. The number of nitrogens with two attached hydrogens (primary N) is 1. The highest BCUT2D eigenvalue weighted by atomic mass is 16.2. The van der Waals surface area contributed by atoms with Gasteiger partial charge in [0.25, 0.3) is 0 Å². The lowest BCUT2D eigenvalue weighted by atomic mass is 9.91. The van der Waals surface area contributed by atoms with Crippen molar-refractivity contribution in [2.75, 3.05) is 0 Å². The minimum absolute atomic E-state index is 0.354. The van der Waals surface area contributed by atoms with Crippen LogP contribution in [0.3, 0.4) is 0 Å². The molecule has 1 saturated carbocycles. The van der Waals surface area contributed by atoms with E-state index in [4.69, 9.17) is 5.73 Å². The maximum Gasteiger partial charge on any atom is 0.332 e. The number of nitrogens with zero attached hydrogens (tertiary/aromatic N) is 1. The Bertz CT molecular complexity index is 273. The van der Waals surface area contributed by atoms with Gasteiger partial charge >= 0.3 is 6.03 Å². The number of amides is 2. The van der Waals surface area contributed by atoms with Crippen molar-refractivity contribution >= 4 is 11.7 Å². The Morgan fingerprint density at radius 2 is 2.21 bits per heavy atom. The van der Waals surface area contributed by atoms with E-state index in [0.29, 0.717) is 17.3 Å². The Balaban J connectivity index is 2.54. The van der Waals surface area contributed by atoms with Gasteiger partial charge in [-0.2, -0.15) is 5.10 Å². The van der Waals surface area contributed by atoms with Crippen molar-refractivity contribution in [3.05, 3.63) is 0 Å².